The summed E-state index contributed by atoms with van der Waals surface area (Å²) in [5.41, 5.74) is 6.59. The Labute approximate surface area is 107 Å². The third-order valence-corrected chi connectivity index (χ3v) is 2.34. The summed E-state index contributed by atoms with van der Waals surface area (Å²) < 4.78 is 0.508. The summed E-state index contributed by atoms with van der Waals surface area (Å²) in [5.74, 6) is 0.871. The van der Waals surface area contributed by atoms with Crippen molar-refractivity contribution < 1.29 is 24.6 Å². The minimum absolute atomic E-state index is 0. The molecule has 0 fully saturated rings. The maximum absolute atomic E-state index is 7.00. The van der Waals surface area contributed by atoms with E-state index in [9.17, 15) is 0 Å². The van der Waals surface area contributed by atoms with E-state index in [1.54, 1.807) is 0 Å². The van der Waals surface area contributed by atoms with Crippen molar-refractivity contribution in [1.82, 2.24) is 0 Å². The predicted octanol–water partition coefficient (Wildman–Crippen LogP) is 1.77. The van der Waals surface area contributed by atoms with Gasteiger partial charge in [-0.05, 0) is 5.56 Å². The molecule has 0 amide bonds. The van der Waals surface area contributed by atoms with E-state index in [0.717, 1.165) is 12.9 Å². The van der Waals surface area contributed by atoms with E-state index < -0.39 is 0 Å². The van der Waals surface area contributed by atoms with Gasteiger partial charge in [0.2, 0.25) is 0 Å². The monoisotopic (exact) mass is 279 g/mol. The number of aliphatic hydroxyl groups excluding tert-OH is 1. The fourth-order valence-corrected chi connectivity index (χ4v) is 1.41. The van der Waals surface area contributed by atoms with Crippen molar-refractivity contribution in [3.05, 3.63) is 35.9 Å². The summed E-state index contributed by atoms with van der Waals surface area (Å²) in [6, 6.07) is 10.1. The fraction of sp³-hybridized carbons (Fsp3) is 0.222. The molecule has 0 aliphatic carbocycles. The van der Waals surface area contributed by atoms with Crippen LogP contribution in [0.25, 0.3) is 0 Å². The molecule has 3 N–H and O–H groups in total. The first-order valence-electron chi connectivity index (χ1n) is 3.70. The SMILES string of the molecule is CO.NC(=S)SCc1ccccc1.[Zn]. The van der Waals surface area contributed by atoms with Crippen LogP contribution in [0.1, 0.15) is 5.56 Å². The zero-order chi connectivity index (χ0) is 10.1. The number of benzene rings is 1. The summed E-state index contributed by atoms with van der Waals surface area (Å²) in [4.78, 5) is 0. The number of nitrogens with two attached hydrogens (primary N) is 1. The van der Waals surface area contributed by atoms with Crippen LogP contribution in [-0.2, 0) is 25.2 Å². The van der Waals surface area contributed by atoms with Crippen LogP contribution in [0.3, 0.4) is 0 Å². The van der Waals surface area contributed by atoms with Gasteiger partial charge in [-0.3, -0.25) is 0 Å². The zero-order valence-electron chi connectivity index (χ0n) is 8.14. The first kappa shape index (κ1) is 16.5. The summed E-state index contributed by atoms with van der Waals surface area (Å²) in [5, 5.41) is 7.00. The quantitative estimate of drug-likeness (QED) is 0.640. The predicted molar refractivity (Wildman–Crippen MR) is 62.7 cm³/mol. The van der Waals surface area contributed by atoms with E-state index >= 15 is 0 Å². The van der Waals surface area contributed by atoms with Crippen LogP contribution in [-0.4, -0.2) is 16.5 Å². The van der Waals surface area contributed by atoms with E-state index in [0.29, 0.717) is 4.32 Å². The molecule has 0 saturated carbocycles. The smallest absolute Gasteiger partial charge is 0.131 e. The molecule has 0 aromatic heterocycles. The molecule has 0 heterocycles. The van der Waals surface area contributed by atoms with Gasteiger partial charge in [0.05, 0.1) is 0 Å². The molecule has 1 aromatic carbocycles. The van der Waals surface area contributed by atoms with Gasteiger partial charge in [-0.25, -0.2) is 0 Å². The molecule has 0 spiro atoms. The van der Waals surface area contributed by atoms with E-state index in [1.165, 1.54) is 17.3 Å². The Balaban J connectivity index is 0. The molecule has 0 atom stereocenters. The largest absolute Gasteiger partial charge is 0.400 e. The molecule has 5 heteroatoms. The van der Waals surface area contributed by atoms with Crippen LogP contribution >= 0.6 is 24.0 Å². The van der Waals surface area contributed by atoms with Crippen LogP contribution in [0.5, 0.6) is 0 Å². The molecule has 1 aromatic rings. The first-order valence-corrected chi connectivity index (χ1v) is 5.09. The van der Waals surface area contributed by atoms with E-state index in [4.69, 9.17) is 23.1 Å². The number of aliphatic hydroxyl groups is 1. The maximum atomic E-state index is 7.00. The molecule has 0 unspecified atom stereocenters. The van der Waals surface area contributed by atoms with Crippen molar-refractivity contribution in [2.75, 3.05) is 7.11 Å². The van der Waals surface area contributed by atoms with Crippen molar-refractivity contribution in [2.24, 2.45) is 5.73 Å². The average molecular weight is 281 g/mol. The summed E-state index contributed by atoms with van der Waals surface area (Å²) in [7, 11) is 1.00. The van der Waals surface area contributed by atoms with Gasteiger partial charge in [0, 0.05) is 32.3 Å². The Morgan fingerprint density at radius 1 is 1.36 bits per heavy atom. The van der Waals surface area contributed by atoms with E-state index in [1.807, 2.05) is 18.2 Å². The van der Waals surface area contributed by atoms with Gasteiger partial charge >= 0.3 is 0 Å². The average Bonchev–Trinajstić information content (AvgIpc) is 2.19. The van der Waals surface area contributed by atoms with Gasteiger partial charge in [-0.2, -0.15) is 0 Å². The zero-order valence-corrected chi connectivity index (χ0v) is 12.7. The van der Waals surface area contributed by atoms with Crippen LogP contribution in [0.2, 0.25) is 0 Å². The summed E-state index contributed by atoms with van der Waals surface area (Å²) in [6.07, 6.45) is 0. The van der Waals surface area contributed by atoms with Crippen LogP contribution in [0, 0.1) is 0 Å². The number of rotatable bonds is 2. The molecule has 74 valence electrons. The standard InChI is InChI=1S/C8H9NS2.CH4O.Zn/c9-8(10)11-6-7-4-2-1-3-5-7;1-2;/h1-5H,6H2,(H2,9,10);2H,1H3;. The normalized spacial score (nSPS) is 7.86. The molecule has 0 aliphatic rings. The van der Waals surface area contributed by atoms with Gasteiger partial charge in [0.1, 0.15) is 4.32 Å². The number of hydrogen-bond donors (Lipinski definition) is 2. The minimum Gasteiger partial charge on any atom is -0.400 e. The second-order valence-electron chi connectivity index (χ2n) is 2.09. The third-order valence-electron chi connectivity index (χ3n) is 1.22. The molecule has 0 radical (unpaired) electrons. The topological polar surface area (TPSA) is 46.2 Å². The van der Waals surface area contributed by atoms with Crippen LogP contribution in [0.15, 0.2) is 30.3 Å². The van der Waals surface area contributed by atoms with Crippen molar-refractivity contribution >= 4 is 28.3 Å². The first-order chi connectivity index (χ1) is 6.29. The van der Waals surface area contributed by atoms with Gasteiger partial charge in [-0.1, -0.05) is 54.3 Å². The molecule has 14 heavy (non-hydrogen) atoms. The Bertz CT molecular complexity index is 244. The fourth-order valence-electron chi connectivity index (χ4n) is 0.729. The molecular formula is C9H13NOS2Zn. The molecule has 1 rings (SSSR count). The summed E-state index contributed by atoms with van der Waals surface area (Å²) >= 11 is 6.23. The van der Waals surface area contributed by atoms with Crippen molar-refractivity contribution in [1.29, 1.82) is 0 Å². The Morgan fingerprint density at radius 3 is 2.29 bits per heavy atom. The molecular weight excluding hydrogens is 268 g/mol. The molecule has 2 nitrogen and oxygen atoms in total. The summed E-state index contributed by atoms with van der Waals surface area (Å²) in [6.45, 7) is 0. The number of hydrogen-bond acceptors (Lipinski definition) is 3. The Kier molecular flexibility index (Phi) is 13.1. The van der Waals surface area contributed by atoms with Crippen molar-refractivity contribution in [3.8, 4) is 0 Å². The number of thioether (sulfide) groups is 1. The van der Waals surface area contributed by atoms with E-state index in [2.05, 4.69) is 12.1 Å². The van der Waals surface area contributed by atoms with Crippen LogP contribution in [0.4, 0.5) is 0 Å². The van der Waals surface area contributed by atoms with Gasteiger partial charge in [0.25, 0.3) is 0 Å². The molecule has 0 bridgehead atoms. The third kappa shape index (κ3) is 8.63. The van der Waals surface area contributed by atoms with Gasteiger partial charge in [0.15, 0.2) is 0 Å². The maximum Gasteiger partial charge on any atom is 0.131 e. The molecule has 0 saturated heterocycles. The van der Waals surface area contributed by atoms with Gasteiger partial charge in [-0.15, -0.1) is 0 Å². The Hall–Kier alpha value is 0.0434. The Morgan fingerprint density at radius 2 is 1.86 bits per heavy atom. The van der Waals surface area contributed by atoms with Gasteiger partial charge < -0.3 is 10.8 Å². The van der Waals surface area contributed by atoms with E-state index in [-0.39, 0.29) is 19.5 Å². The molecule has 0 aliphatic heterocycles. The second-order valence-corrected chi connectivity index (χ2v) is 3.81. The van der Waals surface area contributed by atoms with Crippen molar-refractivity contribution in [3.63, 3.8) is 0 Å². The second kappa shape index (κ2) is 11.1. The van der Waals surface area contributed by atoms with Crippen LogP contribution < -0.4 is 5.73 Å². The minimum atomic E-state index is 0. The number of thiocarbonyl (C=S) groups is 1. The van der Waals surface area contributed by atoms with Crippen molar-refractivity contribution in [2.45, 2.75) is 5.75 Å².